The fourth-order valence-corrected chi connectivity index (χ4v) is 4.71. The van der Waals surface area contributed by atoms with Gasteiger partial charge in [-0.3, -0.25) is 14.4 Å². The number of hydrogen-bond acceptors (Lipinski definition) is 8. The standard InChI is InChI=1S/C29H36F2N4O6/c1-21-14-32-35(15-21)10-11-40-26-7-4-22(12-27(26)39-3)16-33-8-9-34(28(36)17-38-2)19-29(37,18-33)20-41-23-5-6-24(30)25(31)13-23/h4-7,12-15,37H,8-11,16-20H2,1-3H3/t29-/m0/s1. The molecule has 1 saturated heterocycles. The number of β-amino-alcohol motifs (C(OH)–C–C–N with tert-alkyl or cyclic N) is 1. The second-order valence-electron chi connectivity index (χ2n) is 10.2. The van der Waals surface area contributed by atoms with E-state index in [9.17, 15) is 18.7 Å². The van der Waals surface area contributed by atoms with E-state index in [0.29, 0.717) is 44.3 Å². The van der Waals surface area contributed by atoms with Crippen LogP contribution >= 0.6 is 0 Å². The van der Waals surface area contributed by atoms with Crippen LogP contribution in [0.3, 0.4) is 0 Å². The van der Waals surface area contributed by atoms with Crippen LogP contribution in [0.15, 0.2) is 48.8 Å². The molecule has 0 spiro atoms. The molecule has 0 bridgehead atoms. The molecule has 222 valence electrons. The zero-order valence-electron chi connectivity index (χ0n) is 23.5. The van der Waals surface area contributed by atoms with Crippen LogP contribution in [0.2, 0.25) is 0 Å². The molecule has 4 rings (SSSR count). The number of hydrogen-bond donors (Lipinski definition) is 1. The maximum atomic E-state index is 13.7. The van der Waals surface area contributed by atoms with E-state index in [1.54, 1.807) is 13.3 Å². The Bertz CT molecular complexity index is 1320. The molecular formula is C29H36F2N4O6. The van der Waals surface area contributed by atoms with Crippen LogP contribution in [0.5, 0.6) is 17.2 Å². The van der Waals surface area contributed by atoms with Crippen LogP contribution in [0.25, 0.3) is 0 Å². The van der Waals surface area contributed by atoms with E-state index in [1.165, 1.54) is 18.1 Å². The normalized spacial score (nSPS) is 17.8. The minimum Gasteiger partial charge on any atom is -0.493 e. The molecule has 1 amide bonds. The number of amides is 1. The number of carbonyl (C=O) groups is 1. The number of aromatic nitrogens is 2. The molecule has 41 heavy (non-hydrogen) atoms. The van der Waals surface area contributed by atoms with Crippen molar-refractivity contribution in [1.29, 1.82) is 0 Å². The number of methoxy groups -OCH3 is 2. The second-order valence-corrected chi connectivity index (χ2v) is 10.2. The van der Waals surface area contributed by atoms with Crippen LogP contribution in [0.4, 0.5) is 8.78 Å². The predicted octanol–water partition coefficient (Wildman–Crippen LogP) is 2.66. The lowest BCUT2D eigenvalue weighted by atomic mass is 10.0. The van der Waals surface area contributed by atoms with Crippen molar-refractivity contribution < 1.29 is 37.6 Å². The highest BCUT2D eigenvalue weighted by atomic mass is 19.2. The lowest BCUT2D eigenvalue weighted by Crippen LogP contribution is -2.52. The smallest absolute Gasteiger partial charge is 0.248 e. The number of rotatable bonds is 12. The number of ether oxygens (including phenoxy) is 4. The van der Waals surface area contributed by atoms with Gasteiger partial charge in [-0.1, -0.05) is 6.07 Å². The van der Waals surface area contributed by atoms with Gasteiger partial charge < -0.3 is 29.0 Å². The van der Waals surface area contributed by atoms with Gasteiger partial charge in [0.25, 0.3) is 0 Å². The van der Waals surface area contributed by atoms with Gasteiger partial charge in [-0.25, -0.2) is 8.78 Å². The van der Waals surface area contributed by atoms with E-state index < -0.39 is 17.2 Å². The molecule has 1 aliphatic rings. The summed E-state index contributed by atoms with van der Waals surface area (Å²) in [5.41, 5.74) is 0.495. The number of aryl methyl sites for hydroxylation is 1. The molecule has 0 saturated carbocycles. The fraction of sp³-hybridized carbons (Fsp3) is 0.448. The van der Waals surface area contributed by atoms with Crippen molar-refractivity contribution in [2.24, 2.45) is 0 Å². The third-order valence-corrected chi connectivity index (χ3v) is 6.68. The van der Waals surface area contributed by atoms with E-state index in [-0.39, 0.29) is 38.0 Å². The third kappa shape index (κ3) is 8.38. The van der Waals surface area contributed by atoms with Crippen molar-refractivity contribution in [2.75, 3.05) is 60.2 Å². The molecule has 0 unspecified atom stereocenters. The van der Waals surface area contributed by atoms with Gasteiger partial charge in [0.1, 0.15) is 31.2 Å². The summed E-state index contributed by atoms with van der Waals surface area (Å²) in [7, 11) is 3.00. The summed E-state index contributed by atoms with van der Waals surface area (Å²) in [4.78, 5) is 16.2. The van der Waals surface area contributed by atoms with E-state index >= 15 is 0 Å². The molecule has 2 heterocycles. The summed E-state index contributed by atoms with van der Waals surface area (Å²) in [6.45, 7) is 4.06. The Morgan fingerprint density at radius 1 is 1.05 bits per heavy atom. The van der Waals surface area contributed by atoms with Gasteiger partial charge in [-0.2, -0.15) is 5.10 Å². The highest BCUT2D eigenvalue weighted by molar-refractivity contribution is 5.77. The molecular weight excluding hydrogens is 538 g/mol. The van der Waals surface area contributed by atoms with Crippen molar-refractivity contribution >= 4 is 5.91 Å². The van der Waals surface area contributed by atoms with E-state index in [2.05, 4.69) is 5.10 Å². The molecule has 12 heteroatoms. The van der Waals surface area contributed by atoms with Crippen molar-refractivity contribution in [3.05, 3.63) is 71.6 Å². The Balaban J connectivity index is 1.44. The highest BCUT2D eigenvalue weighted by Crippen LogP contribution is 2.29. The number of carbonyl (C=O) groups excluding carboxylic acids is 1. The lowest BCUT2D eigenvalue weighted by molar-refractivity contribution is -0.138. The quantitative estimate of drug-likeness (QED) is 0.353. The molecule has 1 fully saturated rings. The van der Waals surface area contributed by atoms with Gasteiger partial charge in [0.2, 0.25) is 5.91 Å². The first kappa shape index (κ1) is 30.2. The van der Waals surface area contributed by atoms with Crippen LogP contribution in [-0.4, -0.2) is 96.4 Å². The van der Waals surface area contributed by atoms with Crippen molar-refractivity contribution in [3.63, 3.8) is 0 Å². The number of halogens is 2. The minimum atomic E-state index is -1.50. The van der Waals surface area contributed by atoms with Crippen molar-refractivity contribution in [3.8, 4) is 17.2 Å². The summed E-state index contributed by atoms with van der Waals surface area (Å²) >= 11 is 0. The molecule has 0 radical (unpaired) electrons. The first-order chi connectivity index (χ1) is 19.7. The summed E-state index contributed by atoms with van der Waals surface area (Å²) < 4.78 is 51.0. The molecule has 2 aromatic carbocycles. The molecule has 0 aliphatic carbocycles. The summed E-state index contributed by atoms with van der Waals surface area (Å²) in [6, 6.07) is 8.81. The predicted molar refractivity (Wildman–Crippen MR) is 146 cm³/mol. The topological polar surface area (TPSA) is 98.5 Å². The average molecular weight is 575 g/mol. The SMILES string of the molecule is COCC(=O)N1CCN(Cc2ccc(OCCn3cc(C)cn3)c(OC)c2)C[C@@](O)(COc2ccc(F)c(F)c2)C1. The molecule has 1 N–H and O–H groups in total. The Morgan fingerprint density at radius 2 is 1.88 bits per heavy atom. The summed E-state index contributed by atoms with van der Waals surface area (Å²) in [5, 5.41) is 15.8. The van der Waals surface area contributed by atoms with Crippen LogP contribution < -0.4 is 14.2 Å². The largest absolute Gasteiger partial charge is 0.493 e. The third-order valence-electron chi connectivity index (χ3n) is 6.68. The zero-order chi connectivity index (χ0) is 29.4. The Kier molecular flexibility index (Phi) is 10.1. The summed E-state index contributed by atoms with van der Waals surface area (Å²) in [5.74, 6) is -1.06. The maximum absolute atomic E-state index is 13.7. The van der Waals surface area contributed by atoms with E-state index in [1.807, 2.05) is 40.9 Å². The minimum absolute atomic E-state index is 0.0127. The molecule has 3 aromatic rings. The van der Waals surface area contributed by atoms with Gasteiger partial charge in [-0.15, -0.1) is 0 Å². The van der Waals surface area contributed by atoms with Gasteiger partial charge in [0, 0.05) is 45.6 Å². The lowest BCUT2D eigenvalue weighted by Gasteiger charge is -2.33. The molecule has 1 aromatic heterocycles. The van der Waals surface area contributed by atoms with Gasteiger partial charge in [-0.05, 0) is 42.3 Å². The van der Waals surface area contributed by atoms with Gasteiger partial charge in [0.05, 0.1) is 26.4 Å². The number of nitrogens with zero attached hydrogens (tertiary/aromatic N) is 4. The van der Waals surface area contributed by atoms with Gasteiger partial charge >= 0.3 is 0 Å². The first-order valence-corrected chi connectivity index (χ1v) is 13.3. The van der Waals surface area contributed by atoms with Crippen molar-refractivity contribution in [2.45, 2.75) is 25.6 Å². The van der Waals surface area contributed by atoms with Crippen LogP contribution in [-0.2, 0) is 22.6 Å². The Hall–Kier alpha value is -3.74. The highest BCUT2D eigenvalue weighted by Gasteiger charge is 2.37. The summed E-state index contributed by atoms with van der Waals surface area (Å²) in [6.07, 6.45) is 3.74. The Morgan fingerprint density at radius 3 is 2.59 bits per heavy atom. The average Bonchev–Trinajstić information content (AvgIpc) is 3.28. The molecule has 1 aliphatic heterocycles. The van der Waals surface area contributed by atoms with Crippen LogP contribution in [0.1, 0.15) is 11.1 Å². The Labute approximate surface area is 238 Å². The van der Waals surface area contributed by atoms with E-state index in [0.717, 1.165) is 23.3 Å². The monoisotopic (exact) mass is 574 g/mol. The molecule has 1 atom stereocenters. The fourth-order valence-electron chi connectivity index (χ4n) is 4.71. The van der Waals surface area contributed by atoms with E-state index in [4.69, 9.17) is 18.9 Å². The van der Waals surface area contributed by atoms with Crippen LogP contribution in [0, 0.1) is 18.6 Å². The number of aliphatic hydroxyl groups is 1. The molecule has 10 nitrogen and oxygen atoms in total. The number of benzene rings is 2. The first-order valence-electron chi connectivity index (χ1n) is 13.3. The van der Waals surface area contributed by atoms with Gasteiger partial charge in [0.15, 0.2) is 23.1 Å². The zero-order valence-corrected chi connectivity index (χ0v) is 23.5. The second kappa shape index (κ2) is 13.7. The van der Waals surface area contributed by atoms with Crippen molar-refractivity contribution in [1.82, 2.24) is 19.6 Å². The maximum Gasteiger partial charge on any atom is 0.248 e.